The zero-order valence-corrected chi connectivity index (χ0v) is 18.3. The molecule has 3 rings (SSSR count). The molecule has 1 amide bonds. The standard InChI is InChI=1S/C22H25Cl2NO4/c1-22(2,3)29-21(26)25-11-12-27-20(13-25)15-7-9-16(10-8-15)28-14-17-18(23)5-4-6-19(17)24/h4-10,20H,11-14H2,1-3H3. The Labute approximate surface area is 181 Å². The first-order chi connectivity index (χ1) is 13.7. The molecule has 1 heterocycles. The van der Waals surface area contributed by atoms with Crippen LogP contribution in [0.15, 0.2) is 42.5 Å². The highest BCUT2D eigenvalue weighted by Crippen LogP contribution is 2.28. The molecule has 1 atom stereocenters. The second-order valence-electron chi connectivity index (χ2n) is 7.84. The summed E-state index contributed by atoms with van der Waals surface area (Å²) in [6.45, 7) is 7.29. The summed E-state index contributed by atoms with van der Waals surface area (Å²) < 4.78 is 17.1. The zero-order valence-electron chi connectivity index (χ0n) is 16.8. The molecule has 1 aliphatic heterocycles. The first kappa shape index (κ1) is 21.8. The molecule has 1 fully saturated rings. The Morgan fingerprint density at radius 1 is 1.14 bits per heavy atom. The molecule has 2 aromatic rings. The fraction of sp³-hybridized carbons (Fsp3) is 0.409. The van der Waals surface area contributed by atoms with Gasteiger partial charge in [-0.25, -0.2) is 4.79 Å². The SMILES string of the molecule is CC(C)(C)OC(=O)N1CCOC(c2ccc(OCc3c(Cl)cccc3Cl)cc2)C1. The van der Waals surface area contributed by atoms with Crippen molar-refractivity contribution in [3.8, 4) is 5.75 Å². The molecule has 1 aliphatic rings. The largest absolute Gasteiger partial charge is 0.489 e. The summed E-state index contributed by atoms with van der Waals surface area (Å²) in [5.74, 6) is 0.699. The van der Waals surface area contributed by atoms with Crippen molar-refractivity contribution in [2.75, 3.05) is 19.7 Å². The number of rotatable bonds is 4. The second kappa shape index (κ2) is 9.24. The Morgan fingerprint density at radius 3 is 2.41 bits per heavy atom. The van der Waals surface area contributed by atoms with E-state index in [-0.39, 0.29) is 18.8 Å². The first-order valence-corrected chi connectivity index (χ1v) is 10.2. The van der Waals surface area contributed by atoms with E-state index < -0.39 is 5.60 Å². The molecule has 0 aliphatic carbocycles. The van der Waals surface area contributed by atoms with E-state index in [2.05, 4.69) is 0 Å². The maximum Gasteiger partial charge on any atom is 0.410 e. The van der Waals surface area contributed by atoms with Gasteiger partial charge in [-0.1, -0.05) is 41.4 Å². The number of carbonyl (C=O) groups is 1. The number of nitrogens with zero attached hydrogens (tertiary/aromatic N) is 1. The molecule has 0 aromatic heterocycles. The van der Waals surface area contributed by atoms with Crippen molar-refractivity contribution in [1.29, 1.82) is 0 Å². The quantitative estimate of drug-likeness (QED) is 0.598. The minimum Gasteiger partial charge on any atom is -0.489 e. The fourth-order valence-electron chi connectivity index (χ4n) is 2.95. The molecule has 156 valence electrons. The molecule has 7 heteroatoms. The van der Waals surface area contributed by atoms with Crippen molar-refractivity contribution < 1.29 is 19.0 Å². The molecule has 1 unspecified atom stereocenters. The average molecular weight is 438 g/mol. The van der Waals surface area contributed by atoms with E-state index in [1.807, 2.05) is 45.0 Å². The lowest BCUT2D eigenvalue weighted by Gasteiger charge is -2.34. The number of hydrogen-bond acceptors (Lipinski definition) is 4. The van der Waals surface area contributed by atoms with Crippen molar-refractivity contribution in [2.45, 2.75) is 39.1 Å². The smallest absolute Gasteiger partial charge is 0.410 e. The average Bonchev–Trinajstić information content (AvgIpc) is 2.67. The van der Waals surface area contributed by atoms with Crippen molar-refractivity contribution in [1.82, 2.24) is 4.90 Å². The molecule has 2 aromatic carbocycles. The summed E-state index contributed by atoms with van der Waals surface area (Å²) in [5, 5.41) is 1.15. The normalized spacial score (nSPS) is 17.1. The summed E-state index contributed by atoms with van der Waals surface area (Å²) in [6.07, 6.45) is -0.522. The van der Waals surface area contributed by atoms with Crippen LogP contribution in [-0.2, 0) is 16.1 Å². The molecular weight excluding hydrogens is 413 g/mol. The van der Waals surface area contributed by atoms with E-state index in [1.54, 1.807) is 23.1 Å². The molecule has 0 N–H and O–H groups in total. The van der Waals surface area contributed by atoms with E-state index in [0.717, 1.165) is 11.1 Å². The van der Waals surface area contributed by atoms with Crippen LogP contribution in [0.25, 0.3) is 0 Å². The van der Waals surface area contributed by atoms with Gasteiger partial charge in [-0.05, 0) is 50.6 Å². The first-order valence-electron chi connectivity index (χ1n) is 9.48. The van der Waals surface area contributed by atoms with Crippen LogP contribution in [0.1, 0.15) is 38.0 Å². The minimum absolute atomic E-state index is 0.205. The lowest BCUT2D eigenvalue weighted by molar-refractivity contribution is -0.0433. The third kappa shape index (κ3) is 6.01. The van der Waals surface area contributed by atoms with Gasteiger partial charge in [0.15, 0.2) is 0 Å². The van der Waals surface area contributed by atoms with Crippen LogP contribution in [0.3, 0.4) is 0 Å². The van der Waals surface area contributed by atoms with Gasteiger partial charge < -0.3 is 19.1 Å². The van der Waals surface area contributed by atoms with Crippen LogP contribution >= 0.6 is 23.2 Å². The van der Waals surface area contributed by atoms with Gasteiger partial charge in [-0.3, -0.25) is 0 Å². The van der Waals surface area contributed by atoms with Crippen molar-refractivity contribution in [2.24, 2.45) is 0 Å². The number of morpholine rings is 1. The third-order valence-corrected chi connectivity index (χ3v) is 5.12. The van der Waals surface area contributed by atoms with Crippen LogP contribution in [0.4, 0.5) is 4.79 Å². The molecular formula is C22H25Cl2NO4. The number of halogens is 2. The van der Waals surface area contributed by atoms with Gasteiger partial charge in [0.1, 0.15) is 24.1 Å². The number of hydrogen-bond donors (Lipinski definition) is 0. The maximum atomic E-state index is 12.3. The highest BCUT2D eigenvalue weighted by Gasteiger charge is 2.28. The van der Waals surface area contributed by atoms with E-state index in [9.17, 15) is 4.79 Å². The molecule has 5 nitrogen and oxygen atoms in total. The predicted molar refractivity (Wildman–Crippen MR) is 114 cm³/mol. The molecule has 0 radical (unpaired) electrons. The number of benzene rings is 2. The number of ether oxygens (including phenoxy) is 3. The Morgan fingerprint density at radius 2 is 1.79 bits per heavy atom. The van der Waals surface area contributed by atoms with E-state index >= 15 is 0 Å². The summed E-state index contributed by atoms with van der Waals surface area (Å²) in [7, 11) is 0. The Balaban J connectivity index is 1.60. The molecule has 0 spiro atoms. The lowest BCUT2D eigenvalue weighted by atomic mass is 10.1. The van der Waals surface area contributed by atoms with Crippen LogP contribution in [-0.4, -0.2) is 36.3 Å². The van der Waals surface area contributed by atoms with Gasteiger partial charge in [0, 0.05) is 22.2 Å². The fourth-order valence-corrected chi connectivity index (χ4v) is 3.45. The van der Waals surface area contributed by atoms with Crippen LogP contribution in [0.5, 0.6) is 5.75 Å². The maximum absolute atomic E-state index is 12.3. The van der Waals surface area contributed by atoms with E-state index in [0.29, 0.717) is 35.5 Å². The van der Waals surface area contributed by atoms with Gasteiger partial charge in [0.05, 0.1) is 13.2 Å². The number of carbonyl (C=O) groups excluding carboxylic acids is 1. The summed E-state index contributed by atoms with van der Waals surface area (Å²) in [6, 6.07) is 13.0. The van der Waals surface area contributed by atoms with Crippen LogP contribution in [0, 0.1) is 0 Å². The minimum atomic E-state index is -0.519. The highest BCUT2D eigenvalue weighted by atomic mass is 35.5. The highest BCUT2D eigenvalue weighted by molar-refractivity contribution is 6.35. The Kier molecular flexibility index (Phi) is 6.93. The van der Waals surface area contributed by atoms with Gasteiger partial charge >= 0.3 is 6.09 Å². The van der Waals surface area contributed by atoms with Crippen LogP contribution in [0.2, 0.25) is 10.0 Å². The zero-order chi connectivity index (χ0) is 21.0. The summed E-state index contributed by atoms with van der Waals surface area (Å²) in [5.41, 5.74) is 1.21. The monoisotopic (exact) mass is 437 g/mol. The summed E-state index contributed by atoms with van der Waals surface area (Å²) >= 11 is 12.4. The topological polar surface area (TPSA) is 48.0 Å². The molecule has 0 saturated carbocycles. The van der Waals surface area contributed by atoms with Crippen LogP contribution < -0.4 is 4.74 Å². The van der Waals surface area contributed by atoms with E-state index in [4.69, 9.17) is 37.4 Å². The van der Waals surface area contributed by atoms with Gasteiger partial charge in [-0.2, -0.15) is 0 Å². The lowest BCUT2D eigenvalue weighted by Crippen LogP contribution is -2.44. The van der Waals surface area contributed by atoms with Gasteiger partial charge in [0.25, 0.3) is 0 Å². The van der Waals surface area contributed by atoms with Gasteiger partial charge in [0.2, 0.25) is 0 Å². The van der Waals surface area contributed by atoms with Crippen molar-refractivity contribution >= 4 is 29.3 Å². The molecule has 29 heavy (non-hydrogen) atoms. The predicted octanol–water partition coefficient (Wildman–Crippen LogP) is 5.88. The Hall–Kier alpha value is -1.95. The summed E-state index contributed by atoms with van der Waals surface area (Å²) in [4.78, 5) is 14.0. The third-order valence-electron chi connectivity index (χ3n) is 4.41. The van der Waals surface area contributed by atoms with Gasteiger partial charge in [-0.15, -0.1) is 0 Å². The number of amides is 1. The van der Waals surface area contributed by atoms with Crippen molar-refractivity contribution in [3.63, 3.8) is 0 Å². The van der Waals surface area contributed by atoms with E-state index in [1.165, 1.54) is 0 Å². The second-order valence-corrected chi connectivity index (χ2v) is 8.66. The Bertz CT molecular complexity index is 829. The molecule has 1 saturated heterocycles. The molecule has 0 bridgehead atoms. The van der Waals surface area contributed by atoms with Crippen molar-refractivity contribution in [3.05, 3.63) is 63.6 Å².